The summed E-state index contributed by atoms with van der Waals surface area (Å²) in [6.45, 7) is 0.602. The molecule has 0 aliphatic heterocycles. The van der Waals surface area contributed by atoms with Crippen LogP contribution in [0, 0.1) is 23.7 Å². The summed E-state index contributed by atoms with van der Waals surface area (Å²) in [6.07, 6.45) is -1.12. The van der Waals surface area contributed by atoms with E-state index in [1.165, 1.54) is 6.92 Å². The van der Waals surface area contributed by atoms with Crippen molar-refractivity contribution < 1.29 is 19.8 Å². The number of hydrogen-bond donors (Lipinski definition) is 4. The van der Waals surface area contributed by atoms with Crippen molar-refractivity contribution in [2.24, 2.45) is 0 Å². The maximum absolute atomic E-state index is 12.2. The van der Waals surface area contributed by atoms with Gasteiger partial charge in [-0.15, -0.1) is 0 Å². The summed E-state index contributed by atoms with van der Waals surface area (Å²) in [6, 6.07) is 12.4. The predicted molar refractivity (Wildman–Crippen MR) is 106 cm³/mol. The Morgan fingerprint density at radius 3 is 1.96 bits per heavy atom. The van der Waals surface area contributed by atoms with Crippen LogP contribution in [-0.2, 0) is 4.79 Å². The summed E-state index contributed by atoms with van der Waals surface area (Å²) in [5.74, 6) is 10.1. The zero-order valence-corrected chi connectivity index (χ0v) is 15.3. The lowest BCUT2D eigenvalue weighted by atomic mass is 10.1. The molecule has 0 aromatic heterocycles. The minimum absolute atomic E-state index is 0.301. The van der Waals surface area contributed by atoms with Gasteiger partial charge in [0.05, 0.1) is 6.10 Å². The molecule has 2 rings (SSSR count). The molecule has 0 saturated carbocycles. The van der Waals surface area contributed by atoms with E-state index in [9.17, 15) is 14.7 Å². The van der Waals surface area contributed by atoms with Crippen molar-refractivity contribution in [3.8, 4) is 23.7 Å². The summed E-state index contributed by atoms with van der Waals surface area (Å²) in [4.78, 5) is 23.8. The average Bonchev–Trinajstić information content (AvgIpc) is 2.70. The number of ketones is 1. The molecule has 1 unspecified atom stereocenters. The maximum Gasteiger partial charge on any atom is 0.251 e. The lowest BCUT2D eigenvalue weighted by Gasteiger charge is -2.19. The molecular weight excluding hydrogens is 356 g/mol. The molecule has 0 heterocycles. The second-order valence-corrected chi connectivity index (χ2v) is 6.02. The average molecular weight is 376 g/mol. The van der Waals surface area contributed by atoms with Crippen LogP contribution < -0.4 is 11.1 Å². The molecule has 28 heavy (non-hydrogen) atoms. The van der Waals surface area contributed by atoms with Gasteiger partial charge in [-0.25, -0.2) is 0 Å². The van der Waals surface area contributed by atoms with Crippen LogP contribution in [0.15, 0.2) is 48.5 Å². The first-order valence-electron chi connectivity index (χ1n) is 8.51. The normalized spacial score (nSPS) is 11.8. The number of anilines is 1. The van der Waals surface area contributed by atoms with Crippen molar-refractivity contribution in [1.82, 2.24) is 5.32 Å². The van der Waals surface area contributed by atoms with Crippen molar-refractivity contribution in [1.29, 1.82) is 0 Å². The number of hydrogen-bond acceptors (Lipinski definition) is 5. The Balaban J connectivity index is 2.03. The van der Waals surface area contributed by atoms with Gasteiger partial charge < -0.3 is 21.3 Å². The standard InChI is InChI=1S/C22H20N2O4/c1-15(26)21(20(27)14-25)24-22(28)18-10-6-16(7-11-18)4-2-3-5-17-8-12-19(23)13-9-17/h6-13,15,21,25-26H,14,23H2,1H3,(H,24,28)/t15-,21?/m1/s1. The van der Waals surface area contributed by atoms with Crippen molar-refractivity contribution in [3.05, 3.63) is 65.2 Å². The van der Waals surface area contributed by atoms with Crippen LogP contribution in [0.4, 0.5) is 5.69 Å². The Morgan fingerprint density at radius 2 is 1.50 bits per heavy atom. The van der Waals surface area contributed by atoms with Crippen molar-refractivity contribution in [2.75, 3.05) is 12.3 Å². The largest absolute Gasteiger partial charge is 0.399 e. The van der Waals surface area contributed by atoms with Crippen LogP contribution in [-0.4, -0.2) is 40.7 Å². The van der Waals surface area contributed by atoms with Gasteiger partial charge in [0.1, 0.15) is 12.6 Å². The maximum atomic E-state index is 12.2. The molecule has 142 valence electrons. The van der Waals surface area contributed by atoms with Gasteiger partial charge in [-0.3, -0.25) is 9.59 Å². The minimum atomic E-state index is -1.17. The molecule has 0 aliphatic rings. The van der Waals surface area contributed by atoms with E-state index in [1.54, 1.807) is 48.5 Å². The third kappa shape index (κ3) is 6.00. The summed E-state index contributed by atoms with van der Waals surface area (Å²) >= 11 is 0. The van der Waals surface area contributed by atoms with E-state index >= 15 is 0 Å². The number of benzene rings is 2. The number of aliphatic hydroxyl groups is 2. The molecule has 6 heteroatoms. The van der Waals surface area contributed by atoms with Gasteiger partial charge in [0.25, 0.3) is 5.91 Å². The minimum Gasteiger partial charge on any atom is -0.399 e. The fourth-order valence-corrected chi connectivity index (χ4v) is 2.27. The fraction of sp³-hybridized carbons (Fsp3) is 0.182. The zero-order valence-electron chi connectivity index (χ0n) is 15.3. The number of Topliss-reactive ketones (excluding diaryl/α,β-unsaturated/α-hetero) is 1. The quantitative estimate of drug-likeness (QED) is 0.454. The number of nitrogen functional groups attached to an aromatic ring is 1. The lowest BCUT2D eigenvalue weighted by molar-refractivity contribution is -0.125. The van der Waals surface area contributed by atoms with Crippen LogP contribution in [0.3, 0.4) is 0 Å². The van der Waals surface area contributed by atoms with Crippen LogP contribution in [0.1, 0.15) is 28.4 Å². The number of nitrogens with one attached hydrogen (secondary N) is 1. The highest BCUT2D eigenvalue weighted by atomic mass is 16.3. The van der Waals surface area contributed by atoms with Crippen LogP contribution >= 0.6 is 0 Å². The molecule has 6 nitrogen and oxygen atoms in total. The van der Waals surface area contributed by atoms with Crippen molar-refractivity contribution in [2.45, 2.75) is 19.1 Å². The molecule has 2 aromatic carbocycles. The van der Waals surface area contributed by atoms with Crippen LogP contribution in [0.2, 0.25) is 0 Å². The van der Waals surface area contributed by atoms with Crippen LogP contribution in [0.25, 0.3) is 0 Å². The van der Waals surface area contributed by atoms with E-state index in [1.807, 2.05) is 0 Å². The molecule has 1 amide bonds. The lowest BCUT2D eigenvalue weighted by Crippen LogP contribution is -2.48. The highest BCUT2D eigenvalue weighted by Gasteiger charge is 2.25. The molecule has 5 N–H and O–H groups in total. The highest BCUT2D eigenvalue weighted by molar-refractivity contribution is 5.98. The van der Waals surface area contributed by atoms with E-state index < -0.39 is 30.4 Å². The van der Waals surface area contributed by atoms with Crippen molar-refractivity contribution in [3.63, 3.8) is 0 Å². The van der Waals surface area contributed by atoms with Crippen LogP contribution in [0.5, 0.6) is 0 Å². The molecule has 0 saturated heterocycles. The first-order valence-corrected chi connectivity index (χ1v) is 8.51. The summed E-state index contributed by atoms with van der Waals surface area (Å²) in [5, 5.41) is 20.9. The Labute approximate surface area is 163 Å². The molecular formula is C22H20N2O4. The Bertz CT molecular complexity index is 956. The molecule has 0 radical (unpaired) electrons. The van der Waals surface area contributed by atoms with E-state index in [4.69, 9.17) is 10.8 Å². The number of carbonyl (C=O) groups excluding carboxylic acids is 2. The second-order valence-electron chi connectivity index (χ2n) is 6.02. The third-order valence-corrected chi connectivity index (χ3v) is 3.81. The van der Waals surface area contributed by atoms with Gasteiger partial charge in [0.2, 0.25) is 0 Å². The topological polar surface area (TPSA) is 113 Å². The first kappa shape index (κ1) is 20.7. The molecule has 2 aromatic rings. The molecule has 0 bridgehead atoms. The zero-order chi connectivity index (χ0) is 20.5. The monoisotopic (exact) mass is 376 g/mol. The number of aliphatic hydroxyl groups excluding tert-OH is 2. The predicted octanol–water partition coefficient (Wildman–Crippen LogP) is 0.713. The Morgan fingerprint density at radius 1 is 1.00 bits per heavy atom. The van der Waals surface area contributed by atoms with Gasteiger partial charge in [0, 0.05) is 22.4 Å². The van der Waals surface area contributed by atoms with Gasteiger partial charge in [-0.05, 0) is 67.3 Å². The van der Waals surface area contributed by atoms with E-state index in [2.05, 4.69) is 29.0 Å². The van der Waals surface area contributed by atoms with Gasteiger partial charge in [0.15, 0.2) is 5.78 Å². The fourth-order valence-electron chi connectivity index (χ4n) is 2.27. The summed E-state index contributed by atoms with van der Waals surface area (Å²) in [7, 11) is 0. The van der Waals surface area contributed by atoms with E-state index in [-0.39, 0.29) is 0 Å². The first-order chi connectivity index (χ1) is 13.4. The number of amides is 1. The van der Waals surface area contributed by atoms with Gasteiger partial charge >= 0.3 is 0 Å². The Hall–Kier alpha value is -3.58. The second kappa shape index (κ2) is 9.94. The van der Waals surface area contributed by atoms with Gasteiger partial charge in [-0.1, -0.05) is 11.8 Å². The molecule has 0 fully saturated rings. The molecule has 0 spiro atoms. The third-order valence-electron chi connectivity index (χ3n) is 3.81. The number of rotatable bonds is 5. The highest BCUT2D eigenvalue weighted by Crippen LogP contribution is 2.06. The number of carbonyl (C=O) groups is 2. The van der Waals surface area contributed by atoms with Gasteiger partial charge in [-0.2, -0.15) is 0 Å². The Kier molecular flexibility index (Phi) is 7.36. The van der Waals surface area contributed by atoms with Crippen molar-refractivity contribution >= 4 is 17.4 Å². The summed E-state index contributed by atoms with van der Waals surface area (Å²) < 4.78 is 0. The van der Waals surface area contributed by atoms with E-state index in [0.717, 1.165) is 5.56 Å². The molecule has 2 atom stereocenters. The molecule has 0 aliphatic carbocycles. The number of nitrogens with two attached hydrogens (primary N) is 1. The smallest absolute Gasteiger partial charge is 0.251 e. The summed E-state index contributed by atoms with van der Waals surface area (Å²) in [5.41, 5.74) is 8.05. The SMILES string of the molecule is C[C@@H](O)C(NC(=O)c1ccc(C#CC#Cc2ccc(N)cc2)cc1)C(=O)CO. The van der Waals surface area contributed by atoms with E-state index in [0.29, 0.717) is 16.8 Å².